The summed E-state index contributed by atoms with van der Waals surface area (Å²) in [6.07, 6.45) is 2.06. The second-order valence-corrected chi connectivity index (χ2v) is 12.5. The van der Waals surface area contributed by atoms with E-state index >= 15 is 0 Å². The van der Waals surface area contributed by atoms with Gasteiger partial charge < -0.3 is 29.3 Å². The highest BCUT2D eigenvalue weighted by molar-refractivity contribution is 5.86. The van der Waals surface area contributed by atoms with Crippen LogP contribution in [0.15, 0.2) is 30.3 Å². The number of esters is 1. The van der Waals surface area contributed by atoms with Gasteiger partial charge in [-0.3, -0.25) is 14.4 Å². The minimum absolute atomic E-state index is 0.0376. The molecular weight excluding hydrogens is 562 g/mol. The second-order valence-electron chi connectivity index (χ2n) is 12.5. The average molecular weight is 618 g/mol. The molecule has 1 saturated heterocycles. The molecule has 10 heteroatoms. The maximum atomic E-state index is 13.9. The van der Waals surface area contributed by atoms with E-state index in [0.717, 1.165) is 18.4 Å². The zero-order valence-electron chi connectivity index (χ0n) is 28.2. The molecule has 3 amide bonds. The van der Waals surface area contributed by atoms with Crippen molar-refractivity contribution < 1.29 is 33.4 Å². The Hall–Kier alpha value is -2.98. The van der Waals surface area contributed by atoms with Crippen molar-refractivity contribution in [1.82, 2.24) is 15.1 Å². The number of nitrogens with zero attached hydrogens (tertiary/aromatic N) is 2. The minimum Gasteiger partial charge on any atom is -0.467 e. The van der Waals surface area contributed by atoms with E-state index in [1.165, 1.54) is 7.11 Å². The summed E-state index contributed by atoms with van der Waals surface area (Å²) in [4.78, 5) is 56.5. The number of likely N-dealkylation sites (tertiary alicyclic amines) is 1. The summed E-state index contributed by atoms with van der Waals surface area (Å²) in [7, 11) is 6.24. The van der Waals surface area contributed by atoms with Gasteiger partial charge in [0.05, 0.1) is 43.7 Å². The number of methoxy groups -OCH3 is 3. The lowest BCUT2D eigenvalue weighted by Gasteiger charge is -2.39. The zero-order valence-corrected chi connectivity index (χ0v) is 28.2. The average Bonchev–Trinajstić information content (AvgIpc) is 3.49. The van der Waals surface area contributed by atoms with Crippen LogP contribution in [0, 0.1) is 17.8 Å². The molecule has 1 aliphatic rings. The van der Waals surface area contributed by atoms with Crippen molar-refractivity contribution in [2.45, 2.75) is 103 Å². The second kappa shape index (κ2) is 18.1. The lowest BCUT2D eigenvalue weighted by Crippen LogP contribution is -2.54. The van der Waals surface area contributed by atoms with Crippen LogP contribution in [0.4, 0.5) is 0 Å². The molecule has 0 spiro atoms. The van der Waals surface area contributed by atoms with Crippen LogP contribution in [-0.4, -0.2) is 98.7 Å². The molecule has 0 saturated carbocycles. The number of carbonyl (C=O) groups excluding carboxylic acids is 4. The fourth-order valence-electron chi connectivity index (χ4n) is 6.31. The normalized spacial score (nSPS) is 19.0. The van der Waals surface area contributed by atoms with Gasteiger partial charge in [0.15, 0.2) is 0 Å². The van der Waals surface area contributed by atoms with Gasteiger partial charge in [-0.15, -0.1) is 0 Å². The number of likely N-dealkylation sites (N-methyl/N-ethyl adjacent to an activating group) is 1. The number of hydrogen-bond donors (Lipinski definition) is 1. The molecule has 248 valence electrons. The Labute approximate surface area is 264 Å². The fraction of sp³-hybridized carbons (Fsp3) is 0.706. The number of benzene rings is 1. The van der Waals surface area contributed by atoms with Crippen molar-refractivity contribution in [1.29, 1.82) is 0 Å². The summed E-state index contributed by atoms with van der Waals surface area (Å²) in [6.45, 7) is 10.5. The maximum absolute atomic E-state index is 13.9. The van der Waals surface area contributed by atoms with Crippen LogP contribution in [-0.2, 0) is 39.8 Å². The van der Waals surface area contributed by atoms with Crippen molar-refractivity contribution in [2.24, 2.45) is 17.8 Å². The number of carbonyl (C=O) groups is 4. The van der Waals surface area contributed by atoms with Crippen LogP contribution in [0.25, 0.3) is 0 Å². The molecule has 1 aromatic rings. The number of rotatable bonds is 17. The summed E-state index contributed by atoms with van der Waals surface area (Å²) >= 11 is 0. The van der Waals surface area contributed by atoms with Gasteiger partial charge in [0, 0.05) is 40.7 Å². The fourth-order valence-corrected chi connectivity index (χ4v) is 6.31. The Balaban J connectivity index is 2.20. The van der Waals surface area contributed by atoms with E-state index in [4.69, 9.17) is 14.2 Å². The van der Waals surface area contributed by atoms with E-state index in [2.05, 4.69) is 19.2 Å². The van der Waals surface area contributed by atoms with Crippen molar-refractivity contribution >= 4 is 23.7 Å². The van der Waals surface area contributed by atoms with Gasteiger partial charge >= 0.3 is 5.97 Å². The van der Waals surface area contributed by atoms with Crippen molar-refractivity contribution in [2.75, 3.05) is 34.9 Å². The van der Waals surface area contributed by atoms with Gasteiger partial charge in [0.25, 0.3) is 0 Å². The van der Waals surface area contributed by atoms with E-state index in [0.29, 0.717) is 25.8 Å². The van der Waals surface area contributed by atoms with Crippen molar-refractivity contribution in [3.63, 3.8) is 0 Å². The third-order valence-corrected chi connectivity index (χ3v) is 8.97. The smallest absolute Gasteiger partial charge is 0.328 e. The molecule has 1 N–H and O–H groups in total. The Bertz CT molecular complexity index is 1070. The molecule has 0 unspecified atom stereocenters. The SMILES string of the molecule is CC[C@H](C)[C@@H]([C@@H](CC(=O)N1CCC[C@H]1[C@H](OC)[C@@H](C)C(=O)N[C@@H](Cc1ccccc1)C(=O)OC)OC)N(C)C(=O)CC(C)C. The molecule has 1 aromatic carbocycles. The third-order valence-electron chi connectivity index (χ3n) is 8.97. The predicted octanol–water partition coefficient (Wildman–Crippen LogP) is 3.85. The topological polar surface area (TPSA) is 114 Å². The van der Waals surface area contributed by atoms with E-state index < -0.39 is 30.1 Å². The van der Waals surface area contributed by atoms with Crippen LogP contribution in [0.5, 0.6) is 0 Å². The maximum Gasteiger partial charge on any atom is 0.328 e. The quantitative estimate of drug-likeness (QED) is 0.264. The molecule has 7 atom stereocenters. The summed E-state index contributed by atoms with van der Waals surface area (Å²) < 4.78 is 16.7. The van der Waals surface area contributed by atoms with E-state index in [-0.39, 0.29) is 48.1 Å². The monoisotopic (exact) mass is 617 g/mol. The third kappa shape index (κ3) is 10.0. The molecule has 0 aromatic heterocycles. The minimum atomic E-state index is -0.855. The number of amides is 3. The first-order valence-corrected chi connectivity index (χ1v) is 15.9. The van der Waals surface area contributed by atoms with Crippen molar-refractivity contribution in [3.8, 4) is 0 Å². The first-order chi connectivity index (χ1) is 20.9. The van der Waals surface area contributed by atoms with Gasteiger partial charge in [-0.1, -0.05) is 71.4 Å². The summed E-state index contributed by atoms with van der Waals surface area (Å²) in [5, 5.41) is 2.86. The van der Waals surface area contributed by atoms with Crippen LogP contribution < -0.4 is 5.32 Å². The van der Waals surface area contributed by atoms with Crippen LogP contribution in [0.3, 0.4) is 0 Å². The molecule has 1 aliphatic heterocycles. The first kappa shape index (κ1) is 37.2. The Morgan fingerprint density at radius 3 is 2.20 bits per heavy atom. The largest absolute Gasteiger partial charge is 0.467 e. The molecule has 1 heterocycles. The number of ether oxygens (including phenoxy) is 3. The summed E-state index contributed by atoms with van der Waals surface area (Å²) in [6, 6.07) is 7.99. The molecule has 44 heavy (non-hydrogen) atoms. The summed E-state index contributed by atoms with van der Waals surface area (Å²) in [5.41, 5.74) is 0.895. The highest BCUT2D eigenvalue weighted by atomic mass is 16.5. The highest BCUT2D eigenvalue weighted by Gasteiger charge is 2.42. The van der Waals surface area contributed by atoms with Gasteiger partial charge in [-0.2, -0.15) is 0 Å². The zero-order chi connectivity index (χ0) is 33.0. The van der Waals surface area contributed by atoms with Gasteiger partial charge in [0.1, 0.15) is 6.04 Å². The molecule has 2 rings (SSSR count). The van der Waals surface area contributed by atoms with Crippen molar-refractivity contribution in [3.05, 3.63) is 35.9 Å². The Morgan fingerprint density at radius 2 is 1.66 bits per heavy atom. The lowest BCUT2D eigenvalue weighted by molar-refractivity contribution is -0.148. The molecule has 0 radical (unpaired) electrons. The molecule has 0 aliphatic carbocycles. The molecule has 0 bridgehead atoms. The van der Waals surface area contributed by atoms with Crippen LogP contribution >= 0.6 is 0 Å². The lowest BCUT2D eigenvalue weighted by atomic mass is 9.90. The predicted molar refractivity (Wildman–Crippen MR) is 170 cm³/mol. The van der Waals surface area contributed by atoms with Crippen LogP contribution in [0.2, 0.25) is 0 Å². The van der Waals surface area contributed by atoms with Gasteiger partial charge in [-0.05, 0) is 30.2 Å². The number of nitrogens with one attached hydrogen (secondary N) is 1. The highest BCUT2D eigenvalue weighted by Crippen LogP contribution is 2.29. The van der Waals surface area contributed by atoms with E-state index in [9.17, 15) is 19.2 Å². The van der Waals surface area contributed by atoms with Gasteiger partial charge in [-0.25, -0.2) is 4.79 Å². The molecule has 10 nitrogen and oxygen atoms in total. The standard InChI is InChI=1S/C34H55N3O7/c1-10-23(4)31(36(6)29(38)19-22(2)3)28(42-7)21-30(39)37-18-14-17-27(37)32(43-8)24(5)33(40)35-26(34(41)44-9)20-25-15-12-11-13-16-25/h11-13,15-16,22-24,26-28,31-32H,10,14,17-21H2,1-9H3,(H,35,40)/t23-,24+,26-,27-,28+,31-,32+/m0/s1. The Kier molecular flexibility index (Phi) is 15.3. The van der Waals surface area contributed by atoms with Crippen LogP contribution in [0.1, 0.15) is 72.3 Å². The first-order valence-electron chi connectivity index (χ1n) is 15.9. The number of hydrogen-bond acceptors (Lipinski definition) is 7. The van der Waals surface area contributed by atoms with E-state index in [1.54, 1.807) is 38.0 Å². The summed E-state index contributed by atoms with van der Waals surface area (Å²) in [5.74, 6) is -1.23. The molecular formula is C34H55N3O7. The van der Waals surface area contributed by atoms with Gasteiger partial charge in [0.2, 0.25) is 17.7 Å². The Morgan fingerprint density at radius 1 is 1.00 bits per heavy atom. The van der Waals surface area contributed by atoms with E-state index in [1.807, 2.05) is 44.2 Å². The molecule has 1 fully saturated rings.